The molecular weight excluding hydrogens is 207 g/mol. The first-order chi connectivity index (χ1) is 7.83. The number of aromatic nitrogens is 1. The molecule has 0 atom stereocenters. The minimum Gasteiger partial charge on any atom is -0.205 e. The molecule has 0 amide bonds. The molecule has 4 heteroatoms. The number of hydrogen-bond acceptors (Lipinski definition) is 2. The third kappa shape index (κ3) is 1.01. The molecule has 0 saturated carbocycles. The van der Waals surface area contributed by atoms with E-state index in [4.69, 9.17) is 0 Å². The Kier molecular flexibility index (Phi) is 1.77. The van der Waals surface area contributed by atoms with Crippen molar-refractivity contribution in [2.24, 2.45) is 5.29 Å². The SMILES string of the molecule is O=Nn1c2ccccc2c2cccc(F)c21. The molecule has 0 saturated heterocycles. The van der Waals surface area contributed by atoms with Gasteiger partial charge in [-0.05, 0) is 12.1 Å². The fourth-order valence-electron chi connectivity index (χ4n) is 2.04. The van der Waals surface area contributed by atoms with Gasteiger partial charge in [0.25, 0.3) is 0 Å². The van der Waals surface area contributed by atoms with E-state index in [-0.39, 0.29) is 5.52 Å². The van der Waals surface area contributed by atoms with E-state index in [1.807, 2.05) is 12.1 Å². The molecule has 78 valence electrons. The van der Waals surface area contributed by atoms with Crippen molar-refractivity contribution >= 4 is 21.8 Å². The summed E-state index contributed by atoms with van der Waals surface area (Å²) in [5.41, 5.74) is 0.858. The molecule has 0 aliphatic heterocycles. The Balaban J connectivity index is 2.70. The highest BCUT2D eigenvalue weighted by molar-refractivity contribution is 6.08. The lowest BCUT2D eigenvalue weighted by molar-refractivity contribution is 0.632. The molecule has 0 radical (unpaired) electrons. The summed E-state index contributed by atoms with van der Waals surface area (Å²) >= 11 is 0. The maximum atomic E-state index is 13.7. The van der Waals surface area contributed by atoms with E-state index in [0.717, 1.165) is 10.1 Å². The standard InChI is InChI=1S/C12H7FN2O/c13-10-6-3-5-9-8-4-1-2-7-11(8)15(14-16)12(9)10/h1-7H. The molecule has 3 nitrogen and oxygen atoms in total. The maximum absolute atomic E-state index is 13.7. The molecule has 0 bridgehead atoms. The number of benzene rings is 2. The van der Waals surface area contributed by atoms with Crippen LogP contribution in [0, 0.1) is 10.7 Å². The van der Waals surface area contributed by atoms with E-state index in [0.29, 0.717) is 10.9 Å². The summed E-state index contributed by atoms with van der Waals surface area (Å²) in [6, 6.07) is 12.0. The lowest BCUT2D eigenvalue weighted by Crippen LogP contribution is -1.88. The highest BCUT2D eigenvalue weighted by Gasteiger charge is 2.13. The molecule has 1 heterocycles. The van der Waals surface area contributed by atoms with Crippen LogP contribution >= 0.6 is 0 Å². The second kappa shape index (κ2) is 3.13. The predicted octanol–water partition coefficient (Wildman–Crippen LogP) is 3.46. The van der Waals surface area contributed by atoms with Crippen LogP contribution < -0.4 is 0 Å². The number of nitroso groups, excluding NO2 is 1. The van der Waals surface area contributed by atoms with Gasteiger partial charge in [0.15, 0.2) is 0 Å². The highest BCUT2D eigenvalue weighted by atomic mass is 19.1. The van der Waals surface area contributed by atoms with Crippen molar-refractivity contribution < 1.29 is 4.39 Å². The van der Waals surface area contributed by atoms with Crippen LogP contribution in [0.15, 0.2) is 47.8 Å². The average molecular weight is 214 g/mol. The van der Waals surface area contributed by atoms with Gasteiger partial charge in [-0.1, -0.05) is 30.3 Å². The predicted molar refractivity (Wildman–Crippen MR) is 60.6 cm³/mol. The third-order valence-corrected chi connectivity index (χ3v) is 2.70. The van der Waals surface area contributed by atoms with Crippen molar-refractivity contribution in [3.8, 4) is 0 Å². The Bertz CT molecular complexity index is 703. The van der Waals surface area contributed by atoms with Crippen molar-refractivity contribution in [2.45, 2.75) is 0 Å². The number of rotatable bonds is 1. The van der Waals surface area contributed by atoms with Crippen LogP contribution in [0.3, 0.4) is 0 Å². The first-order valence-corrected chi connectivity index (χ1v) is 4.84. The molecular formula is C12H7FN2O. The van der Waals surface area contributed by atoms with Gasteiger partial charge in [-0.2, -0.15) is 4.68 Å². The minimum absolute atomic E-state index is 0.235. The van der Waals surface area contributed by atoms with Crippen molar-refractivity contribution in [1.29, 1.82) is 0 Å². The first kappa shape index (κ1) is 9.03. The Morgan fingerprint density at radius 2 is 1.75 bits per heavy atom. The van der Waals surface area contributed by atoms with Gasteiger partial charge in [0.05, 0.1) is 10.8 Å². The second-order valence-electron chi connectivity index (χ2n) is 3.55. The Hall–Kier alpha value is -2.23. The molecule has 0 spiro atoms. The van der Waals surface area contributed by atoms with Gasteiger partial charge in [0, 0.05) is 10.8 Å². The molecule has 0 aliphatic rings. The zero-order chi connectivity index (χ0) is 11.1. The highest BCUT2D eigenvalue weighted by Crippen LogP contribution is 2.30. The number of halogens is 1. The Labute approximate surface area is 90.0 Å². The number of fused-ring (bicyclic) bond motifs is 3. The molecule has 2 aromatic carbocycles. The van der Waals surface area contributed by atoms with Crippen molar-refractivity contribution in [2.75, 3.05) is 0 Å². The Morgan fingerprint density at radius 3 is 2.56 bits per heavy atom. The molecule has 0 N–H and O–H groups in total. The molecule has 0 fully saturated rings. The first-order valence-electron chi connectivity index (χ1n) is 4.84. The van der Waals surface area contributed by atoms with Crippen LogP contribution in [0.4, 0.5) is 4.39 Å². The summed E-state index contributed by atoms with van der Waals surface area (Å²) in [6.45, 7) is 0. The van der Waals surface area contributed by atoms with Crippen LogP contribution in [-0.2, 0) is 0 Å². The summed E-state index contributed by atoms with van der Waals surface area (Å²) in [7, 11) is 0. The largest absolute Gasteiger partial charge is 0.205 e. The van der Waals surface area contributed by atoms with E-state index in [9.17, 15) is 9.30 Å². The van der Waals surface area contributed by atoms with Crippen LogP contribution in [0.5, 0.6) is 0 Å². The topological polar surface area (TPSA) is 34.4 Å². The summed E-state index contributed by atoms with van der Waals surface area (Å²) < 4.78 is 14.7. The summed E-state index contributed by atoms with van der Waals surface area (Å²) in [6.07, 6.45) is 0. The second-order valence-corrected chi connectivity index (χ2v) is 3.55. The van der Waals surface area contributed by atoms with Crippen LogP contribution in [-0.4, -0.2) is 4.68 Å². The molecule has 1 aromatic heterocycles. The lowest BCUT2D eigenvalue weighted by atomic mass is 10.1. The Morgan fingerprint density at radius 1 is 1.00 bits per heavy atom. The summed E-state index contributed by atoms with van der Waals surface area (Å²) in [5.74, 6) is -0.437. The zero-order valence-corrected chi connectivity index (χ0v) is 8.22. The van der Waals surface area contributed by atoms with Crippen molar-refractivity contribution in [3.63, 3.8) is 0 Å². The normalized spacial score (nSPS) is 11.1. The van der Waals surface area contributed by atoms with Gasteiger partial charge in [0.2, 0.25) is 0 Å². The van der Waals surface area contributed by atoms with Gasteiger partial charge in [0.1, 0.15) is 11.3 Å². The van der Waals surface area contributed by atoms with Gasteiger partial charge >= 0.3 is 0 Å². The van der Waals surface area contributed by atoms with Gasteiger partial charge in [-0.25, -0.2) is 4.39 Å². The minimum atomic E-state index is -0.437. The fourth-order valence-corrected chi connectivity index (χ4v) is 2.04. The van der Waals surface area contributed by atoms with Gasteiger partial charge in [-0.3, -0.25) is 0 Å². The van der Waals surface area contributed by atoms with E-state index in [2.05, 4.69) is 5.29 Å². The summed E-state index contributed by atoms with van der Waals surface area (Å²) in [4.78, 5) is 10.8. The smallest absolute Gasteiger partial charge is 0.149 e. The number of hydrogen-bond donors (Lipinski definition) is 0. The fraction of sp³-hybridized carbons (Fsp3) is 0. The lowest BCUT2D eigenvalue weighted by Gasteiger charge is -1.94. The molecule has 3 rings (SSSR count). The van der Waals surface area contributed by atoms with Gasteiger partial charge < -0.3 is 0 Å². The van der Waals surface area contributed by atoms with E-state index in [1.165, 1.54) is 6.07 Å². The maximum Gasteiger partial charge on any atom is 0.149 e. The average Bonchev–Trinajstić information content (AvgIpc) is 2.65. The third-order valence-electron chi connectivity index (χ3n) is 2.70. The van der Waals surface area contributed by atoms with Crippen molar-refractivity contribution in [3.05, 3.63) is 53.2 Å². The van der Waals surface area contributed by atoms with Crippen LogP contribution in [0.25, 0.3) is 21.8 Å². The van der Waals surface area contributed by atoms with E-state index in [1.54, 1.807) is 24.3 Å². The number of nitrogens with zero attached hydrogens (tertiary/aromatic N) is 2. The van der Waals surface area contributed by atoms with E-state index >= 15 is 0 Å². The molecule has 0 aliphatic carbocycles. The van der Waals surface area contributed by atoms with Crippen LogP contribution in [0.2, 0.25) is 0 Å². The molecule has 16 heavy (non-hydrogen) atoms. The van der Waals surface area contributed by atoms with Crippen LogP contribution in [0.1, 0.15) is 0 Å². The monoisotopic (exact) mass is 214 g/mol. The zero-order valence-electron chi connectivity index (χ0n) is 8.22. The van der Waals surface area contributed by atoms with Crippen molar-refractivity contribution in [1.82, 2.24) is 4.68 Å². The van der Waals surface area contributed by atoms with E-state index < -0.39 is 5.82 Å². The van der Waals surface area contributed by atoms with Gasteiger partial charge in [-0.15, -0.1) is 4.91 Å². The number of para-hydroxylation sites is 2. The summed E-state index contributed by atoms with van der Waals surface area (Å²) in [5, 5.41) is 4.41. The quantitative estimate of drug-likeness (QED) is 0.571. The molecule has 3 aromatic rings. The molecule has 0 unspecified atom stereocenters.